The molecule has 2 N–H and O–H groups in total. The van der Waals surface area contributed by atoms with Crippen molar-refractivity contribution in [1.82, 2.24) is 19.4 Å². The number of hydrogen-bond acceptors (Lipinski definition) is 5. The second kappa shape index (κ2) is 6.59. The molecule has 0 bridgehead atoms. The lowest BCUT2D eigenvalue weighted by atomic mass is 10.2. The summed E-state index contributed by atoms with van der Waals surface area (Å²) in [5.74, 6) is 0. The van der Waals surface area contributed by atoms with Crippen molar-refractivity contribution < 1.29 is 18.8 Å². The number of amides is 1. The maximum atomic E-state index is 13.0. The van der Waals surface area contributed by atoms with E-state index in [2.05, 4.69) is 10.3 Å². The molecule has 0 aromatic carbocycles. The lowest BCUT2D eigenvalue weighted by Gasteiger charge is -2.22. The van der Waals surface area contributed by atoms with E-state index in [1.165, 1.54) is 16.8 Å². The number of fused-ring (bicyclic) bond motifs is 1. The highest BCUT2D eigenvalue weighted by molar-refractivity contribution is 6.29. The van der Waals surface area contributed by atoms with Gasteiger partial charge < -0.3 is 15.2 Å². The number of aliphatic hydroxyl groups excluding tert-OH is 1. The molecule has 1 fully saturated rings. The van der Waals surface area contributed by atoms with Crippen molar-refractivity contribution in [2.75, 3.05) is 0 Å². The third-order valence-electron chi connectivity index (χ3n) is 4.30. The van der Waals surface area contributed by atoms with Crippen molar-refractivity contribution in [3.63, 3.8) is 0 Å². The van der Waals surface area contributed by atoms with E-state index in [0.717, 1.165) is 0 Å². The van der Waals surface area contributed by atoms with E-state index < -0.39 is 42.5 Å². The quantitative estimate of drug-likeness (QED) is 0.770. The van der Waals surface area contributed by atoms with Crippen LogP contribution < -0.4 is 11.0 Å². The molecule has 26 heavy (non-hydrogen) atoms. The third kappa shape index (κ3) is 3.57. The van der Waals surface area contributed by atoms with E-state index >= 15 is 0 Å². The number of nitrogens with one attached hydrogen (secondary N) is 1. The van der Waals surface area contributed by atoms with Crippen LogP contribution >= 0.6 is 11.6 Å². The first-order valence-electron chi connectivity index (χ1n) is 9.74. The van der Waals surface area contributed by atoms with Gasteiger partial charge in [0, 0.05) is 23.2 Å². The number of carbonyl (C=O) groups excluding carboxylic acids is 1. The topological polar surface area (TPSA) is 98.4 Å². The fourth-order valence-electron chi connectivity index (χ4n) is 3.26. The molecule has 1 aliphatic rings. The Labute approximate surface area is 159 Å². The highest BCUT2D eigenvalue weighted by Gasteiger charge is 2.37. The van der Waals surface area contributed by atoms with Crippen molar-refractivity contribution in [1.29, 1.82) is 0 Å². The molecule has 0 unspecified atom stereocenters. The fourth-order valence-corrected chi connectivity index (χ4v) is 3.41. The van der Waals surface area contributed by atoms with Crippen LogP contribution in [-0.4, -0.2) is 43.1 Å². The van der Waals surface area contributed by atoms with Crippen LogP contribution in [0.5, 0.6) is 0 Å². The smallest absolute Gasteiger partial charge is 0.407 e. The molecule has 1 saturated carbocycles. The van der Waals surface area contributed by atoms with Crippen LogP contribution in [0.15, 0.2) is 17.1 Å². The molecule has 8 nitrogen and oxygen atoms in total. The van der Waals surface area contributed by atoms with Crippen LogP contribution in [0.1, 0.15) is 43.8 Å². The predicted molar refractivity (Wildman–Crippen MR) is 97.4 cm³/mol. The zero-order chi connectivity index (χ0) is 21.7. The first-order chi connectivity index (χ1) is 13.3. The lowest BCUT2D eigenvalue weighted by Crippen LogP contribution is -2.42. The monoisotopic (exact) mass is 385 g/mol. The maximum Gasteiger partial charge on any atom is 0.407 e. The lowest BCUT2D eigenvalue weighted by molar-refractivity contribution is 0.0450. The first-order valence-corrected chi connectivity index (χ1v) is 8.62. The number of imidazole rings is 1. The van der Waals surface area contributed by atoms with Crippen molar-refractivity contribution in [2.24, 2.45) is 6.98 Å². The second-order valence-corrected chi connectivity index (χ2v) is 7.82. The van der Waals surface area contributed by atoms with Gasteiger partial charge in [-0.25, -0.2) is 14.6 Å². The van der Waals surface area contributed by atoms with E-state index in [0.29, 0.717) is 10.1 Å². The number of carbonyl (C=O) groups is 1. The molecule has 2 heterocycles. The Morgan fingerprint density at radius 3 is 2.85 bits per heavy atom. The summed E-state index contributed by atoms with van der Waals surface area (Å²) < 4.78 is 30.3. The molecule has 9 heteroatoms. The zero-order valence-electron chi connectivity index (χ0n) is 17.7. The van der Waals surface area contributed by atoms with Crippen LogP contribution in [-0.2, 0) is 11.7 Å². The molecule has 2 aromatic rings. The molecule has 0 saturated heterocycles. The normalized spacial score (nSPS) is 25.6. The minimum absolute atomic E-state index is 0.107. The molecule has 1 amide bonds. The summed E-state index contributed by atoms with van der Waals surface area (Å²) in [4.78, 5) is 28.9. The maximum absolute atomic E-state index is 13.0. The predicted octanol–water partition coefficient (Wildman–Crippen LogP) is 1.98. The van der Waals surface area contributed by atoms with Gasteiger partial charge >= 0.3 is 11.8 Å². The Morgan fingerprint density at radius 1 is 1.46 bits per heavy atom. The molecular weight excluding hydrogens is 360 g/mol. The van der Waals surface area contributed by atoms with Crippen molar-refractivity contribution in [3.8, 4) is 0 Å². The highest BCUT2D eigenvalue weighted by atomic mass is 35.5. The van der Waals surface area contributed by atoms with Crippen LogP contribution in [0.2, 0.25) is 5.15 Å². The molecule has 0 aliphatic heterocycles. The molecule has 2 aromatic heterocycles. The Hall–Kier alpha value is -2.06. The van der Waals surface area contributed by atoms with Gasteiger partial charge in [0.2, 0.25) is 0 Å². The van der Waals surface area contributed by atoms with Gasteiger partial charge in [0.25, 0.3) is 0 Å². The number of nitrogens with zero attached hydrogens (tertiary/aromatic N) is 3. The molecule has 0 radical (unpaired) electrons. The SMILES string of the molecule is [2H]C([2H])([2H])n1c(=O)n([C@H]2C[C@H](NC(=O)OC(C)(C)C)[C@@H](O)C2)c2cc(Cl)ncc21. The molecular formula is C17H23ClN4O4. The minimum atomic E-state index is -2.71. The van der Waals surface area contributed by atoms with E-state index in [1.807, 2.05) is 0 Å². The number of rotatable bonds is 2. The first kappa shape index (κ1) is 15.0. The van der Waals surface area contributed by atoms with Gasteiger partial charge in [0.15, 0.2) is 0 Å². The number of halogens is 1. The molecule has 3 atom stereocenters. The minimum Gasteiger partial charge on any atom is -0.444 e. The van der Waals surface area contributed by atoms with Gasteiger partial charge in [-0.1, -0.05) is 11.6 Å². The van der Waals surface area contributed by atoms with Gasteiger partial charge in [-0.3, -0.25) is 9.13 Å². The summed E-state index contributed by atoms with van der Waals surface area (Å²) in [5, 5.41) is 13.1. The third-order valence-corrected chi connectivity index (χ3v) is 4.50. The standard InChI is InChI=1S/C17H23ClN4O4/c1-17(2,3)26-15(24)20-10-5-9(6-13(10)23)22-11-7-14(18)19-8-12(11)21(4)16(22)25/h7-10,13,23H,5-6H2,1-4H3,(H,20,24)/t9-,10-,13-/m0/s1/i4D3. The molecule has 142 valence electrons. The largest absolute Gasteiger partial charge is 0.444 e. The van der Waals surface area contributed by atoms with E-state index in [4.69, 9.17) is 20.5 Å². The van der Waals surface area contributed by atoms with Crippen LogP contribution in [0.25, 0.3) is 11.0 Å². The summed E-state index contributed by atoms with van der Waals surface area (Å²) in [7, 11) is 0. The number of aliphatic hydroxyl groups is 1. The number of alkyl carbamates (subject to hydrolysis) is 1. The van der Waals surface area contributed by atoms with Gasteiger partial charge in [-0.2, -0.15) is 0 Å². The summed E-state index contributed by atoms with van der Waals surface area (Å²) in [6.45, 7) is 2.46. The van der Waals surface area contributed by atoms with E-state index in [-0.39, 0.29) is 23.5 Å². The Kier molecular flexibility index (Phi) is 3.81. The molecule has 0 spiro atoms. The average Bonchev–Trinajstić information content (AvgIpc) is 3.01. The summed E-state index contributed by atoms with van der Waals surface area (Å²) >= 11 is 5.96. The number of hydrogen-bond donors (Lipinski definition) is 2. The summed E-state index contributed by atoms with van der Waals surface area (Å²) in [6, 6.07) is 0.230. The average molecular weight is 386 g/mol. The Morgan fingerprint density at radius 2 is 2.19 bits per heavy atom. The van der Waals surface area contributed by atoms with Crippen molar-refractivity contribution in [2.45, 2.75) is 57.4 Å². The number of aromatic nitrogens is 3. The van der Waals surface area contributed by atoms with Crippen LogP contribution in [0, 0.1) is 0 Å². The van der Waals surface area contributed by atoms with Crippen molar-refractivity contribution in [3.05, 3.63) is 27.9 Å². The van der Waals surface area contributed by atoms with Gasteiger partial charge in [-0.05, 0) is 33.6 Å². The van der Waals surface area contributed by atoms with Crippen LogP contribution in [0.4, 0.5) is 4.79 Å². The van der Waals surface area contributed by atoms with Gasteiger partial charge in [0.05, 0.1) is 29.4 Å². The molecule has 1 aliphatic carbocycles. The van der Waals surface area contributed by atoms with Gasteiger partial charge in [-0.15, -0.1) is 0 Å². The Balaban J connectivity index is 1.96. The van der Waals surface area contributed by atoms with Gasteiger partial charge in [0.1, 0.15) is 10.8 Å². The second-order valence-electron chi connectivity index (χ2n) is 7.43. The molecule has 3 rings (SSSR count). The summed E-state index contributed by atoms with van der Waals surface area (Å²) in [5.41, 5.74) is -1.02. The number of ether oxygens (including phenoxy) is 1. The van der Waals surface area contributed by atoms with Crippen LogP contribution in [0.3, 0.4) is 0 Å². The van der Waals surface area contributed by atoms with E-state index in [1.54, 1.807) is 20.8 Å². The highest BCUT2D eigenvalue weighted by Crippen LogP contribution is 2.32. The van der Waals surface area contributed by atoms with E-state index in [9.17, 15) is 14.7 Å². The fraction of sp³-hybridized carbons (Fsp3) is 0.588. The summed E-state index contributed by atoms with van der Waals surface area (Å²) in [6.07, 6.45) is 0.0134. The van der Waals surface area contributed by atoms with Crippen molar-refractivity contribution >= 4 is 28.7 Å². The Bertz CT molecular complexity index is 995. The zero-order valence-corrected chi connectivity index (χ0v) is 15.4. The number of aryl methyl sites for hydroxylation is 1. The number of pyridine rings is 1.